The molecule has 0 saturated carbocycles. The summed E-state index contributed by atoms with van der Waals surface area (Å²) < 4.78 is 42.0. The van der Waals surface area contributed by atoms with Crippen molar-refractivity contribution in [1.82, 2.24) is 10.2 Å². The SMILES string of the molecule is CC[C@@H](C)NC(=O)[C@@H](C)N(Cc1ccc(F)cc1)C(=O)CN(c1cccc(Cl)c1Cl)S(=O)(=O)c1ccccc1. The van der Waals surface area contributed by atoms with E-state index in [1.165, 1.54) is 59.5 Å². The number of nitrogens with one attached hydrogen (secondary N) is 1. The highest BCUT2D eigenvalue weighted by molar-refractivity contribution is 7.92. The fraction of sp³-hybridized carbons (Fsp3) is 0.286. The molecular weight excluding hydrogens is 564 g/mol. The topological polar surface area (TPSA) is 86.8 Å². The summed E-state index contributed by atoms with van der Waals surface area (Å²) in [6, 6.07) is 16.5. The number of nitrogens with zero attached hydrogens (tertiary/aromatic N) is 2. The molecule has 208 valence electrons. The molecule has 0 saturated heterocycles. The first-order valence-electron chi connectivity index (χ1n) is 12.3. The van der Waals surface area contributed by atoms with Crippen molar-refractivity contribution in [3.05, 3.63) is 94.2 Å². The first-order chi connectivity index (χ1) is 18.4. The summed E-state index contributed by atoms with van der Waals surface area (Å²) in [5.41, 5.74) is 0.575. The predicted molar refractivity (Wildman–Crippen MR) is 152 cm³/mol. The molecule has 3 rings (SSSR count). The van der Waals surface area contributed by atoms with Crippen LogP contribution < -0.4 is 9.62 Å². The molecule has 0 radical (unpaired) electrons. The Morgan fingerprint density at radius 3 is 2.21 bits per heavy atom. The third kappa shape index (κ3) is 7.50. The maximum Gasteiger partial charge on any atom is 0.264 e. The third-order valence-electron chi connectivity index (χ3n) is 6.24. The van der Waals surface area contributed by atoms with Crippen LogP contribution in [0.1, 0.15) is 32.8 Å². The molecule has 2 atom stereocenters. The number of sulfonamides is 1. The summed E-state index contributed by atoms with van der Waals surface area (Å²) >= 11 is 12.6. The average Bonchev–Trinajstić information content (AvgIpc) is 2.92. The molecule has 0 aromatic heterocycles. The summed E-state index contributed by atoms with van der Waals surface area (Å²) in [5.74, 6) is -1.52. The largest absolute Gasteiger partial charge is 0.352 e. The van der Waals surface area contributed by atoms with E-state index in [0.717, 1.165) is 4.31 Å². The zero-order valence-electron chi connectivity index (χ0n) is 21.8. The Morgan fingerprint density at radius 1 is 0.949 bits per heavy atom. The molecule has 7 nitrogen and oxygen atoms in total. The molecule has 39 heavy (non-hydrogen) atoms. The van der Waals surface area contributed by atoms with Crippen LogP contribution in [0.4, 0.5) is 10.1 Å². The molecule has 0 unspecified atom stereocenters. The van der Waals surface area contributed by atoms with Gasteiger partial charge >= 0.3 is 0 Å². The Bertz CT molecular complexity index is 1410. The van der Waals surface area contributed by atoms with Crippen LogP contribution in [0.25, 0.3) is 0 Å². The highest BCUT2D eigenvalue weighted by Crippen LogP contribution is 2.35. The number of carbonyl (C=O) groups excluding carboxylic acids is 2. The Kier molecular flexibility index (Phi) is 10.4. The van der Waals surface area contributed by atoms with Crippen molar-refractivity contribution in [3.8, 4) is 0 Å². The van der Waals surface area contributed by atoms with E-state index in [2.05, 4.69) is 5.32 Å². The normalized spacial score (nSPS) is 12.9. The molecule has 1 N–H and O–H groups in total. The molecule has 2 amide bonds. The van der Waals surface area contributed by atoms with Crippen LogP contribution in [0.15, 0.2) is 77.7 Å². The number of hydrogen-bond donors (Lipinski definition) is 1. The van der Waals surface area contributed by atoms with Gasteiger partial charge in [-0.15, -0.1) is 0 Å². The number of hydrogen-bond acceptors (Lipinski definition) is 4. The lowest BCUT2D eigenvalue weighted by atomic mass is 10.1. The van der Waals surface area contributed by atoms with Gasteiger partial charge in [0, 0.05) is 12.6 Å². The molecule has 3 aromatic carbocycles. The van der Waals surface area contributed by atoms with Gasteiger partial charge < -0.3 is 10.2 Å². The van der Waals surface area contributed by atoms with Gasteiger partial charge in [0.05, 0.1) is 20.6 Å². The van der Waals surface area contributed by atoms with E-state index in [4.69, 9.17) is 23.2 Å². The number of benzene rings is 3. The highest BCUT2D eigenvalue weighted by Gasteiger charge is 2.33. The van der Waals surface area contributed by atoms with Crippen molar-refractivity contribution in [2.24, 2.45) is 0 Å². The monoisotopic (exact) mass is 593 g/mol. The van der Waals surface area contributed by atoms with E-state index in [1.807, 2.05) is 13.8 Å². The number of amides is 2. The summed E-state index contributed by atoms with van der Waals surface area (Å²) in [7, 11) is -4.28. The lowest BCUT2D eigenvalue weighted by Gasteiger charge is -2.32. The summed E-state index contributed by atoms with van der Waals surface area (Å²) in [6.07, 6.45) is 0.681. The predicted octanol–water partition coefficient (Wildman–Crippen LogP) is 5.66. The fourth-order valence-corrected chi connectivity index (χ4v) is 5.65. The molecule has 0 fully saturated rings. The molecule has 0 spiro atoms. The van der Waals surface area contributed by atoms with Gasteiger partial charge in [-0.25, -0.2) is 12.8 Å². The van der Waals surface area contributed by atoms with Gasteiger partial charge in [-0.1, -0.05) is 66.5 Å². The van der Waals surface area contributed by atoms with Crippen molar-refractivity contribution >= 4 is 50.7 Å². The summed E-state index contributed by atoms with van der Waals surface area (Å²) in [6.45, 7) is 4.59. The van der Waals surface area contributed by atoms with Crippen LogP contribution in [0.5, 0.6) is 0 Å². The first-order valence-corrected chi connectivity index (χ1v) is 14.5. The number of rotatable bonds is 11. The maximum atomic E-state index is 13.9. The average molecular weight is 595 g/mol. The molecular formula is C28H30Cl2FN3O4S. The van der Waals surface area contributed by atoms with E-state index < -0.39 is 40.2 Å². The van der Waals surface area contributed by atoms with Crippen LogP contribution in [0.3, 0.4) is 0 Å². The highest BCUT2D eigenvalue weighted by atomic mass is 35.5. The van der Waals surface area contributed by atoms with Crippen molar-refractivity contribution < 1.29 is 22.4 Å². The molecule has 0 aliphatic rings. The lowest BCUT2D eigenvalue weighted by molar-refractivity contribution is -0.139. The standard InChI is InChI=1S/C28H30Cl2FN3O4S/c1-4-19(2)32-28(36)20(3)33(17-21-13-15-22(31)16-14-21)26(35)18-34(25-12-8-11-24(29)27(25)30)39(37,38)23-9-6-5-7-10-23/h5-16,19-20H,4,17-18H2,1-3H3,(H,32,36)/t19-,20-/m1/s1. The lowest BCUT2D eigenvalue weighted by Crippen LogP contribution is -2.52. The third-order valence-corrected chi connectivity index (χ3v) is 8.83. The van der Waals surface area contributed by atoms with Crippen molar-refractivity contribution in [2.75, 3.05) is 10.8 Å². The minimum atomic E-state index is -4.28. The van der Waals surface area contributed by atoms with Crippen LogP contribution in [-0.4, -0.2) is 43.8 Å². The molecule has 0 aliphatic heterocycles. The zero-order valence-corrected chi connectivity index (χ0v) is 24.1. The van der Waals surface area contributed by atoms with Gasteiger partial charge in [0.15, 0.2) is 0 Å². The molecule has 11 heteroatoms. The summed E-state index contributed by atoms with van der Waals surface area (Å²) in [4.78, 5) is 28.1. The van der Waals surface area contributed by atoms with Crippen LogP contribution in [-0.2, 0) is 26.2 Å². The zero-order chi connectivity index (χ0) is 28.7. The van der Waals surface area contributed by atoms with E-state index in [-0.39, 0.29) is 33.2 Å². The summed E-state index contributed by atoms with van der Waals surface area (Å²) in [5, 5.41) is 2.92. The fourth-order valence-electron chi connectivity index (χ4n) is 3.75. The quantitative estimate of drug-likeness (QED) is 0.311. The first kappa shape index (κ1) is 30.4. The van der Waals surface area contributed by atoms with Crippen LogP contribution in [0.2, 0.25) is 10.0 Å². The number of anilines is 1. The smallest absolute Gasteiger partial charge is 0.264 e. The maximum absolute atomic E-state index is 13.9. The molecule has 0 heterocycles. The second kappa shape index (κ2) is 13.3. The van der Waals surface area contributed by atoms with Gasteiger partial charge in [-0.3, -0.25) is 13.9 Å². The van der Waals surface area contributed by atoms with E-state index in [1.54, 1.807) is 25.1 Å². The van der Waals surface area contributed by atoms with E-state index >= 15 is 0 Å². The second-order valence-corrected chi connectivity index (χ2v) is 11.7. The molecule has 0 aliphatic carbocycles. The van der Waals surface area contributed by atoms with Crippen LogP contribution >= 0.6 is 23.2 Å². The van der Waals surface area contributed by atoms with Crippen LogP contribution in [0, 0.1) is 5.82 Å². The molecule has 0 bridgehead atoms. The Hall–Kier alpha value is -3.14. The number of carbonyl (C=O) groups is 2. The minimum Gasteiger partial charge on any atom is -0.352 e. The van der Waals surface area contributed by atoms with Gasteiger partial charge in [-0.2, -0.15) is 0 Å². The van der Waals surface area contributed by atoms with Gasteiger partial charge in [0.1, 0.15) is 18.4 Å². The van der Waals surface area contributed by atoms with Gasteiger partial charge in [-0.05, 0) is 62.2 Å². The van der Waals surface area contributed by atoms with Gasteiger partial charge in [0.25, 0.3) is 10.0 Å². The molecule has 3 aromatic rings. The Morgan fingerprint density at radius 2 is 1.59 bits per heavy atom. The minimum absolute atomic E-state index is 0.0137. The van der Waals surface area contributed by atoms with Crippen molar-refractivity contribution in [1.29, 1.82) is 0 Å². The van der Waals surface area contributed by atoms with E-state index in [9.17, 15) is 22.4 Å². The Labute approximate surface area is 238 Å². The van der Waals surface area contributed by atoms with Crippen molar-refractivity contribution in [2.45, 2.75) is 50.7 Å². The second-order valence-electron chi connectivity index (χ2n) is 9.04. The van der Waals surface area contributed by atoms with Gasteiger partial charge in [0.2, 0.25) is 11.8 Å². The van der Waals surface area contributed by atoms with E-state index in [0.29, 0.717) is 12.0 Å². The van der Waals surface area contributed by atoms with Crippen molar-refractivity contribution in [3.63, 3.8) is 0 Å². The Balaban J connectivity index is 2.05. The number of halogens is 3.